The molecular weight excluding hydrogens is 477 g/mol. The molecule has 6 nitrogen and oxygen atoms in total. The van der Waals surface area contributed by atoms with E-state index in [1.54, 1.807) is 24.3 Å². The minimum atomic E-state index is -0.420. The second-order valence-electron chi connectivity index (χ2n) is 7.13. The molecule has 0 saturated heterocycles. The van der Waals surface area contributed by atoms with Gasteiger partial charge >= 0.3 is 0 Å². The molecule has 0 radical (unpaired) electrons. The van der Waals surface area contributed by atoms with Crippen LogP contribution in [-0.2, 0) is 9.59 Å². The minimum Gasteiger partial charge on any atom is -0.495 e. The summed E-state index contributed by atoms with van der Waals surface area (Å²) in [6.45, 7) is 0. The Bertz CT molecular complexity index is 1280. The Kier molecular flexibility index (Phi) is 7.30. The van der Waals surface area contributed by atoms with Gasteiger partial charge in [0.25, 0.3) is 5.91 Å². The lowest BCUT2D eigenvalue weighted by Crippen LogP contribution is -2.31. The van der Waals surface area contributed by atoms with Gasteiger partial charge in [0, 0.05) is 5.02 Å². The molecule has 0 spiro atoms. The fourth-order valence-corrected chi connectivity index (χ4v) is 4.20. The summed E-state index contributed by atoms with van der Waals surface area (Å²) in [7, 11) is 1.49. The molecule has 1 N–H and O–H groups in total. The van der Waals surface area contributed by atoms with Crippen molar-refractivity contribution in [3.05, 3.63) is 94.9 Å². The van der Waals surface area contributed by atoms with Gasteiger partial charge in [-0.05, 0) is 54.1 Å². The lowest BCUT2D eigenvalue weighted by molar-refractivity contribution is -0.114. The number of amidine groups is 1. The third kappa shape index (κ3) is 5.47. The molecule has 0 bridgehead atoms. The maximum atomic E-state index is 13.5. The summed E-state index contributed by atoms with van der Waals surface area (Å²) >= 11 is 7.12. The average Bonchev–Trinajstić information content (AvgIpc) is 3.14. The van der Waals surface area contributed by atoms with Crippen LogP contribution in [-0.4, -0.2) is 29.8 Å². The topological polar surface area (TPSA) is 71.0 Å². The predicted molar refractivity (Wildman–Crippen MR) is 135 cm³/mol. The van der Waals surface area contributed by atoms with Crippen molar-refractivity contribution < 1.29 is 18.7 Å². The highest BCUT2D eigenvalue weighted by molar-refractivity contribution is 8.14. The maximum Gasteiger partial charge on any atom is 0.283 e. The number of halogens is 2. The van der Waals surface area contributed by atoms with Crippen LogP contribution in [0.2, 0.25) is 5.02 Å². The van der Waals surface area contributed by atoms with Crippen molar-refractivity contribution >= 4 is 57.8 Å². The Hall–Kier alpha value is -3.62. The van der Waals surface area contributed by atoms with Gasteiger partial charge in [0.2, 0.25) is 5.91 Å². The van der Waals surface area contributed by atoms with Crippen LogP contribution in [0.25, 0.3) is 6.08 Å². The number of nitrogens with one attached hydrogen (secondary N) is 1. The van der Waals surface area contributed by atoms with Crippen molar-refractivity contribution in [2.24, 2.45) is 4.99 Å². The first-order valence-electron chi connectivity index (χ1n) is 10.2. The number of nitrogens with zero attached hydrogens (tertiary/aromatic N) is 2. The van der Waals surface area contributed by atoms with E-state index in [0.717, 1.165) is 17.3 Å². The molecule has 0 saturated carbocycles. The van der Waals surface area contributed by atoms with Crippen LogP contribution in [0.1, 0.15) is 5.56 Å². The van der Waals surface area contributed by atoms with E-state index in [9.17, 15) is 14.0 Å². The van der Waals surface area contributed by atoms with Crippen LogP contribution >= 0.6 is 23.4 Å². The van der Waals surface area contributed by atoms with E-state index in [2.05, 4.69) is 10.3 Å². The number of ether oxygens (including phenoxy) is 1. The van der Waals surface area contributed by atoms with Gasteiger partial charge in [-0.3, -0.25) is 14.5 Å². The van der Waals surface area contributed by atoms with Gasteiger partial charge in [0.1, 0.15) is 17.3 Å². The van der Waals surface area contributed by atoms with E-state index >= 15 is 0 Å². The highest BCUT2D eigenvalue weighted by Gasteiger charge is 2.32. The number of rotatable bonds is 6. The normalized spacial score (nSPS) is 14.3. The Labute approximate surface area is 205 Å². The van der Waals surface area contributed by atoms with Crippen molar-refractivity contribution in [1.29, 1.82) is 0 Å². The van der Waals surface area contributed by atoms with Crippen LogP contribution < -0.4 is 15.0 Å². The molecule has 0 aliphatic carbocycles. The van der Waals surface area contributed by atoms with Crippen molar-refractivity contribution in [2.45, 2.75) is 0 Å². The molecule has 3 aromatic rings. The zero-order valence-corrected chi connectivity index (χ0v) is 19.6. The molecule has 0 atom stereocenters. The molecule has 9 heteroatoms. The second-order valence-corrected chi connectivity index (χ2v) is 8.51. The summed E-state index contributed by atoms with van der Waals surface area (Å²) in [5.41, 5.74) is 1.91. The molecule has 1 aliphatic heterocycles. The lowest BCUT2D eigenvalue weighted by Gasteiger charge is -2.18. The second kappa shape index (κ2) is 10.5. The highest BCUT2D eigenvalue weighted by atomic mass is 35.5. The summed E-state index contributed by atoms with van der Waals surface area (Å²) in [6.07, 6.45) is 1.67. The van der Waals surface area contributed by atoms with E-state index in [4.69, 9.17) is 16.3 Å². The van der Waals surface area contributed by atoms with Crippen LogP contribution in [0, 0.1) is 5.82 Å². The number of thioether (sulfide) groups is 1. The lowest BCUT2D eigenvalue weighted by atomic mass is 10.2. The van der Waals surface area contributed by atoms with Crippen LogP contribution in [0.4, 0.5) is 15.8 Å². The van der Waals surface area contributed by atoms with E-state index in [-0.39, 0.29) is 23.3 Å². The number of anilines is 2. The minimum absolute atomic E-state index is 0.0297. The van der Waals surface area contributed by atoms with Gasteiger partial charge in [-0.1, -0.05) is 53.7 Å². The molecule has 0 fully saturated rings. The summed E-state index contributed by atoms with van der Waals surface area (Å²) in [5, 5.41) is 3.52. The van der Waals surface area contributed by atoms with Gasteiger partial charge in [-0.15, -0.1) is 0 Å². The number of carbonyl (C=O) groups excluding carboxylic acids is 2. The van der Waals surface area contributed by atoms with Crippen molar-refractivity contribution in [3.8, 4) is 5.75 Å². The number of amides is 2. The highest BCUT2D eigenvalue weighted by Crippen LogP contribution is 2.31. The number of carbonyl (C=O) groups is 2. The molecule has 3 aromatic carbocycles. The third-order valence-electron chi connectivity index (χ3n) is 4.79. The van der Waals surface area contributed by atoms with E-state index in [1.807, 2.05) is 30.3 Å². The van der Waals surface area contributed by atoms with Gasteiger partial charge in [0.15, 0.2) is 5.17 Å². The molecule has 1 heterocycles. The van der Waals surface area contributed by atoms with Crippen molar-refractivity contribution in [2.75, 3.05) is 23.1 Å². The standard InChI is InChI=1S/C25H19ClFN3O3S/c1-33-22-12-7-17(26)14-20(22)28-23(31)15-34-25-29-21(13-16-5-3-2-4-6-16)24(32)30(25)19-10-8-18(27)9-11-19/h2-14H,15H2,1H3,(H,28,31). The number of aliphatic imine (C=N–C) groups is 1. The number of methoxy groups -OCH3 is 1. The molecule has 34 heavy (non-hydrogen) atoms. The van der Waals surface area contributed by atoms with Crippen LogP contribution in [0.15, 0.2) is 83.5 Å². The van der Waals surface area contributed by atoms with Crippen molar-refractivity contribution in [1.82, 2.24) is 0 Å². The summed E-state index contributed by atoms with van der Waals surface area (Å²) in [4.78, 5) is 31.6. The van der Waals surface area contributed by atoms with Gasteiger partial charge in [-0.2, -0.15) is 0 Å². The molecule has 4 rings (SSSR count). The largest absolute Gasteiger partial charge is 0.495 e. The first-order chi connectivity index (χ1) is 16.4. The fourth-order valence-electron chi connectivity index (χ4n) is 3.21. The molecule has 2 amide bonds. The zero-order valence-electron chi connectivity index (χ0n) is 18.0. The Morgan fingerprint density at radius 1 is 1.15 bits per heavy atom. The Morgan fingerprint density at radius 3 is 2.59 bits per heavy atom. The van der Waals surface area contributed by atoms with E-state index in [1.165, 1.54) is 36.3 Å². The predicted octanol–water partition coefficient (Wildman–Crippen LogP) is 5.60. The van der Waals surface area contributed by atoms with E-state index < -0.39 is 5.82 Å². The maximum absolute atomic E-state index is 13.5. The summed E-state index contributed by atoms with van der Waals surface area (Å²) in [5.74, 6) is -0.679. The average molecular weight is 496 g/mol. The van der Waals surface area contributed by atoms with Crippen LogP contribution in [0.3, 0.4) is 0 Å². The first kappa shape index (κ1) is 23.5. The zero-order chi connectivity index (χ0) is 24.1. The monoisotopic (exact) mass is 495 g/mol. The molecule has 172 valence electrons. The van der Waals surface area contributed by atoms with Gasteiger partial charge in [-0.25, -0.2) is 9.38 Å². The quantitative estimate of drug-likeness (QED) is 0.452. The van der Waals surface area contributed by atoms with Gasteiger partial charge < -0.3 is 10.1 Å². The number of hydrogen-bond acceptors (Lipinski definition) is 5. The SMILES string of the molecule is COc1ccc(Cl)cc1NC(=O)CSC1=NC(=Cc2ccccc2)C(=O)N1c1ccc(F)cc1. The summed E-state index contributed by atoms with van der Waals surface area (Å²) < 4.78 is 18.7. The Morgan fingerprint density at radius 2 is 1.88 bits per heavy atom. The molecule has 0 unspecified atom stereocenters. The summed E-state index contributed by atoms with van der Waals surface area (Å²) in [6, 6.07) is 19.7. The van der Waals surface area contributed by atoms with E-state index in [0.29, 0.717) is 27.3 Å². The first-order valence-corrected chi connectivity index (χ1v) is 11.5. The number of benzene rings is 3. The van der Waals surface area contributed by atoms with Gasteiger partial charge in [0.05, 0.1) is 24.2 Å². The fraction of sp³-hybridized carbons (Fsp3) is 0.0800. The molecule has 1 aliphatic rings. The molecular formula is C25H19ClFN3O3S. The third-order valence-corrected chi connectivity index (χ3v) is 5.96. The Balaban J connectivity index is 1.56. The number of hydrogen-bond donors (Lipinski definition) is 1. The van der Waals surface area contributed by atoms with Crippen LogP contribution in [0.5, 0.6) is 5.75 Å². The van der Waals surface area contributed by atoms with Crippen molar-refractivity contribution in [3.63, 3.8) is 0 Å². The smallest absolute Gasteiger partial charge is 0.283 e. The molecule has 0 aromatic heterocycles.